The van der Waals surface area contributed by atoms with E-state index in [1.165, 1.54) is 0 Å². The van der Waals surface area contributed by atoms with Crippen LogP contribution in [0.5, 0.6) is 0 Å². The summed E-state index contributed by atoms with van der Waals surface area (Å²) in [6.45, 7) is 0. The molecule has 0 spiro atoms. The Morgan fingerprint density at radius 1 is 0.286 bits per heavy atom. The van der Waals surface area contributed by atoms with Gasteiger partial charge in [-0.15, -0.1) is 0 Å². The molecular weight excluding hydrogens is 397 g/mol. The van der Waals surface area contributed by atoms with Crippen LogP contribution >= 0.6 is 0 Å². The van der Waals surface area contributed by atoms with E-state index in [-0.39, 0.29) is 145 Å². The first-order valence-electron chi connectivity index (χ1n) is 0. The first-order valence-corrected chi connectivity index (χ1v) is 0. The summed E-state index contributed by atoms with van der Waals surface area (Å²) in [6, 6.07) is 0. The van der Waals surface area contributed by atoms with Gasteiger partial charge in [0.2, 0.25) is 0 Å². The fourth-order valence-corrected chi connectivity index (χ4v) is 0. The third-order valence-electron chi connectivity index (χ3n) is 0. The fraction of sp³-hybridized carbons (Fsp3) is 0. The van der Waals surface area contributed by atoms with E-state index in [4.69, 9.17) is 0 Å². The molecule has 19 valence electrons. The molecule has 7 heavy (non-hydrogen) atoms. The molecule has 19 radical (unpaired) electrons. The molecule has 0 unspecified atom stereocenters. The molecule has 0 saturated carbocycles. The van der Waals surface area contributed by atoms with Gasteiger partial charge in [-0.1, -0.05) is 0 Å². The van der Waals surface area contributed by atoms with Gasteiger partial charge in [0.1, 0.15) is 0 Å². The molecule has 0 aromatic rings. The first-order chi connectivity index (χ1) is 0. The van der Waals surface area contributed by atoms with Gasteiger partial charge in [-0.3, -0.25) is 0 Å². The summed E-state index contributed by atoms with van der Waals surface area (Å²) in [5.74, 6) is 0. The molecule has 0 nitrogen and oxygen atoms in total. The standard InChI is InChI=1S/5Ga.2Mg. The molecule has 0 N–H and O–H groups in total. The molecular formula is Ga5Mg2. The summed E-state index contributed by atoms with van der Waals surface area (Å²) < 4.78 is 0. The van der Waals surface area contributed by atoms with Crippen molar-refractivity contribution in [3.05, 3.63) is 0 Å². The Labute approximate surface area is 142 Å². The maximum Gasteiger partial charge on any atom is 0 e. The van der Waals surface area contributed by atoms with Crippen molar-refractivity contribution >= 4 is 145 Å². The van der Waals surface area contributed by atoms with Gasteiger partial charge in [-0.25, -0.2) is 0 Å². The molecule has 0 amide bonds. The summed E-state index contributed by atoms with van der Waals surface area (Å²) in [5.41, 5.74) is 0. The van der Waals surface area contributed by atoms with Crippen LogP contribution in [0.4, 0.5) is 0 Å². The van der Waals surface area contributed by atoms with Crippen LogP contribution in [0, 0.1) is 0 Å². The zero-order chi connectivity index (χ0) is 0. The second-order valence-electron chi connectivity index (χ2n) is 0. The zero-order valence-corrected chi connectivity index (χ0v) is 19.2. The summed E-state index contributed by atoms with van der Waals surface area (Å²) in [5, 5.41) is 0. The minimum atomic E-state index is 0. The predicted molar refractivity (Wildman–Crippen MR) is 40.3 cm³/mol. The molecule has 0 heterocycles. The minimum Gasteiger partial charge on any atom is 0 e. The second-order valence-corrected chi connectivity index (χ2v) is 0. The van der Waals surface area contributed by atoms with Gasteiger partial charge >= 0.3 is 0 Å². The summed E-state index contributed by atoms with van der Waals surface area (Å²) >= 11 is 0. The molecule has 0 saturated heterocycles. The molecule has 7 heteroatoms. The Hall–Kier alpha value is 4.71. The van der Waals surface area contributed by atoms with Crippen molar-refractivity contribution in [1.82, 2.24) is 0 Å². The van der Waals surface area contributed by atoms with Crippen LogP contribution in [0.25, 0.3) is 0 Å². The third-order valence-corrected chi connectivity index (χ3v) is 0. The van der Waals surface area contributed by atoms with Crippen molar-refractivity contribution in [3.8, 4) is 0 Å². The van der Waals surface area contributed by atoms with Crippen LogP contribution in [0.15, 0.2) is 0 Å². The predicted octanol–water partition coefficient (Wildman–Crippen LogP) is -2.67. The summed E-state index contributed by atoms with van der Waals surface area (Å²) in [4.78, 5) is 0. The van der Waals surface area contributed by atoms with E-state index in [0.29, 0.717) is 0 Å². The van der Waals surface area contributed by atoms with Gasteiger partial charge in [0, 0.05) is 145 Å². The Morgan fingerprint density at radius 3 is 0.286 bits per heavy atom. The molecule has 0 aliphatic carbocycles. The van der Waals surface area contributed by atoms with Crippen LogP contribution in [-0.4, -0.2) is 145 Å². The van der Waals surface area contributed by atoms with E-state index < -0.39 is 0 Å². The van der Waals surface area contributed by atoms with Gasteiger partial charge in [0.25, 0.3) is 0 Å². The quantitative estimate of drug-likeness (QED) is 0.392. The number of rotatable bonds is 0. The third kappa shape index (κ3) is 36.6. The smallest absolute Gasteiger partial charge is 0 e. The van der Waals surface area contributed by atoms with Crippen molar-refractivity contribution < 1.29 is 0 Å². The van der Waals surface area contributed by atoms with E-state index in [9.17, 15) is 0 Å². The molecule has 0 atom stereocenters. The van der Waals surface area contributed by atoms with Crippen LogP contribution in [0.1, 0.15) is 0 Å². The number of hydrogen-bond acceptors (Lipinski definition) is 0. The second kappa shape index (κ2) is 45.5. The Balaban J connectivity index is 0. The zero-order valence-electron chi connectivity index (χ0n) is 4.30. The van der Waals surface area contributed by atoms with Crippen LogP contribution in [0.2, 0.25) is 0 Å². The Kier molecular flexibility index (Phi) is 393. The van der Waals surface area contributed by atoms with Gasteiger partial charge in [-0.2, -0.15) is 0 Å². The van der Waals surface area contributed by atoms with E-state index in [0.717, 1.165) is 0 Å². The SMILES string of the molecule is [Ga].[Ga].[Ga].[Ga].[Ga].[Mg].[Mg]. The van der Waals surface area contributed by atoms with Crippen molar-refractivity contribution in [2.45, 2.75) is 0 Å². The molecule has 0 rings (SSSR count). The normalized spacial score (nSPS) is 0. The Morgan fingerprint density at radius 2 is 0.286 bits per heavy atom. The van der Waals surface area contributed by atoms with Gasteiger partial charge < -0.3 is 0 Å². The monoisotopic (exact) mass is 393 g/mol. The van der Waals surface area contributed by atoms with Gasteiger partial charge in [0.05, 0.1) is 0 Å². The van der Waals surface area contributed by atoms with Gasteiger partial charge in [0.15, 0.2) is 0 Å². The molecule has 0 aliphatic rings. The molecule has 0 bridgehead atoms. The van der Waals surface area contributed by atoms with Crippen LogP contribution in [0.3, 0.4) is 0 Å². The van der Waals surface area contributed by atoms with Crippen LogP contribution < -0.4 is 0 Å². The number of hydrogen-bond donors (Lipinski definition) is 0. The van der Waals surface area contributed by atoms with Crippen molar-refractivity contribution in [2.75, 3.05) is 0 Å². The summed E-state index contributed by atoms with van der Waals surface area (Å²) in [6.07, 6.45) is 0. The average molecular weight is 397 g/mol. The van der Waals surface area contributed by atoms with E-state index in [2.05, 4.69) is 0 Å². The molecule has 0 aliphatic heterocycles. The fourth-order valence-electron chi connectivity index (χ4n) is 0. The molecule has 0 fully saturated rings. The first kappa shape index (κ1) is 60.5. The average Bonchev–Trinajstić information content (AvgIpc) is 0. The summed E-state index contributed by atoms with van der Waals surface area (Å²) in [7, 11) is 0. The largest absolute Gasteiger partial charge is 0 e. The molecule has 0 aromatic heterocycles. The van der Waals surface area contributed by atoms with E-state index >= 15 is 0 Å². The van der Waals surface area contributed by atoms with Crippen molar-refractivity contribution in [3.63, 3.8) is 0 Å². The van der Waals surface area contributed by atoms with Crippen molar-refractivity contribution in [1.29, 1.82) is 0 Å². The van der Waals surface area contributed by atoms with Crippen LogP contribution in [-0.2, 0) is 0 Å². The van der Waals surface area contributed by atoms with Crippen molar-refractivity contribution in [2.24, 2.45) is 0 Å². The van der Waals surface area contributed by atoms with Gasteiger partial charge in [-0.05, 0) is 0 Å². The maximum absolute atomic E-state index is 0. The van der Waals surface area contributed by atoms with E-state index in [1.807, 2.05) is 0 Å². The maximum atomic E-state index is 0. The Bertz CT molecular complexity index is 6.04. The minimum absolute atomic E-state index is 0. The molecule has 0 aromatic carbocycles. The topological polar surface area (TPSA) is 0 Å². The van der Waals surface area contributed by atoms with E-state index in [1.54, 1.807) is 0 Å².